The summed E-state index contributed by atoms with van der Waals surface area (Å²) >= 11 is 5.83. The molecule has 1 aromatic carbocycles. The van der Waals surface area contributed by atoms with Gasteiger partial charge in [0.15, 0.2) is 0 Å². The third-order valence-electron chi connectivity index (χ3n) is 2.26. The van der Waals surface area contributed by atoms with E-state index in [-0.39, 0.29) is 10.8 Å². The van der Waals surface area contributed by atoms with Gasteiger partial charge in [-0.15, -0.1) is 0 Å². The normalized spacial score (nSPS) is 10.5. The molecular weight excluding hydrogens is 276 g/mol. The molecule has 1 aromatic heterocycles. The van der Waals surface area contributed by atoms with Gasteiger partial charge in [-0.2, -0.15) is 8.78 Å². The molecule has 7 heteroatoms. The average Bonchev–Trinajstić information content (AvgIpc) is 2.40. The minimum Gasteiger partial charge on any atom is -0.433 e. The lowest BCUT2D eigenvalue weighted by molar-refractivity contribution is -0.0497. The third-order valence-corrected chi connectivity index (χ3v) is 2.55. The third kappa shape index (κ3) is 4.03. The number of nitrogens with zero attached hydrogens (tertiary/aromatic N) is 2. The molecule has 2 rings (SSSR count). The molecule has 0 bridgehead atoms. The van der Waals surface area contributed by atoms with Gasteiger partial charge in [0.05, 0.1) is 5.02 Å². The molecule has 0 fully saturated rings. The van der Waals surface area contributed by atoms with Crippen molar-refractivity contribution in [3.63, 3.8) is 0 Å². The van der Waals surface area contributed by atoms with Crippen LogP contribution in [0.4, 0.5) is 14.5 Å². The number of alkyl halides is 2. The van der Waals surface area contributed by atoms with Gasteiger partial charge in [-0.05, 0) is 18.2 Å². The van der Waals surface area contributed by atoms with Gasteiger partial charge in [-0.25, -0.2) is 9.97 Å². The highest BCUT2D eigenvalue weighted by atomic mass is 35.5. The van der Waals surface area contributed by atoms with E-state index in [4.69, 9.17) is 11.6 Å². The van der Waals surface area contributed by atoms with E-state index in [9.17, 15) is 8.78 Å². The minimum absolute atomic E-state index is 0.0507. The van der Waals surface area contributed by atoms with E-state index in [1.54, 1.807) is 18.5 Å². The van der Waals surface area contributed by atoms with Crippen LogP contribution < -0.4 is 10.1 Å². The smallest absolute Gasteiger partial charge is 0.387 e. The van der Waals surface area contributed by atoms with Gasteiger partial charge in [0, 0.05) is 30.2 Å². The number of benzene rings is 1. The van der Waals surface area contributed by atoms with Crippen LogP contribution in [0.15, 0.2) is 36.9 Å². The summed E-state index contributed by atoms with van der Waals surface area (Å²) in [6.45, 7) is -2.38. The summed E-state index contributed by atoms with van der Waals surface area (Å²) in [5.41, 5.74) is 1.59. The fourth-order valence-corrected chi connectivity index (χ4v) is 1.65. The second-order valence-corrected chi connectivity index (χ2v) is 4.03. The largest absolute Gasteiger partial charge is 0.433 e. The van der Waals surface area contributed by atoms with E-state index in [1.165, 1.54) is 18.5 Å². The SMILES string of the molecule is FC(F)Oc1ccc(NCc2cncnc2)cc1Cl. The Labute approximate surface area is 113 Å². The number of rotatable bonds is 5. The zero-order valence-electron chi connectivity index (χ0n) is 9.69. The molecule has 0 unspecified atom stereocenters. The lowest BCUT2D eigenvalue weighted by Gasteiger charge is -2.10. The van der Waals surface area contributed by atoms with Crippen LogP contribution in [0, 0.1) is 0 Å². The van der Waals surface area contributed by atoms with Crippen LogP contribution in [0.5, 0.6) is 5.75 Å². The van der Waals surface area contributed by atoms with Gasteiger partial charge in [0.25, 0.3) is 0 Å². The van der Waals surface area contributed by atoms with Crippen molar-refractivity contribution < 1.29 is 13.5 Å². The number of hydrogen-bond donors (Lipinski definition) is 1. The molecule has 0 aliphatic heterocycles. The van der Waals surface area contributed by atoms with Crippen molar-refractivity contribution in [1.82, 2.24) is 9.97 Å². The maximum absolute atomic E-state index is 12.1. The van der Waals surface area contributed by atoms with E-state index in [2.05, 4.69) is 20.0 Å². The van der Waals surface area contributed by atoms with Crippen molar-refractivity contribution in [3.05, 3.63) is 47.5 Å². The molecule has 0 saturated heterocycles. The van der Waals surface area contributed by atoms with Gasteiger partial charge in [0.1, 0.15) is 12.1 Å². The summed E-state index contributed by atoms with van der Waals surface area (Å²) in [4.78, 5) is 7.76. The highest BCUT2D eigenvalue weighted by Gasteiger charge is 2.08. The first-order valence-corrected chi connectivity index (χ1v) is 5.75. The quantitative estimate of drug-likeness (QED) is 0.915. The fourth-order valence-electron chi connectivity index (χ4n) is 1.43. The zero-order chi connectivity index (χ0) is 13.7. The van der Waals surface area contributed by atoms with Crippen molar-refractivity contribution in [3.8, 4) is 5.75 Å². The Kier molecular flexibility index (Phi) is 4.46. The molecule has 0 aliphatic carbocycles. The van der Waals surface area contributed by atoms with Crippen LogP contribution in [-0.4, -0.2) is 16.6 Å². The Morgan fingerprint density at radius 2 is 2.00 bits per heavy atom. The monoisotopic (exact) mass is 285 g/mol. The molecule has 0 atom stereocenters. The number of aromatic nitrogens is 2. The Bertz CT molecular complexity index is 540. The molecule has 0 saturated carbocycles. The van der Waals surface area contributed by atoms with Gasteiger partial charge >= 0.3 is 6.61 Å². The van der Waals surface area contributed by atoms with Crippen LogP contribution in [0.2, 0.25) is 5.02 Å². The highest BCUT2D eigenvalue weighted by Crippen LogP contribution is 2.29. The van der Waals surface area contributed by atoms with Crippen molar-refractivity contribution in [2.75, 3.05) is 5.32 Å². The average molecular weight is 286 g/mol. The number of hydrogen-bond acceptors (Lipinski definition) is 4. The summed E-state index contributed by atoms with van der Waals surface area (Å²) < 4.78 is 28.4. The number of ether oxygens (including phenoxy) is 1. The highest BCUT2D eigenvalue weighted by molar-refractivity contribution is 6.32. The first-order valence-electron chi connectivity index (χ1n) is 5.37. The van der Waals surface area contributed by atoms with E-state index in [0.29, 0.717) is 12.2 Å². The Morgan fingerprint density at radius 3 is 2.63 bits per heavy atom. The Morgan fingerprint density at radius 1 is 1.26 bits per heavy atom. The number of nitrogens with one attached hydrogen (secondary N) is 1. The molecule has 100 valence electrons. The molecule has 1 heterocycles. The first-order chi connectivity index (χ1) is 9.15. The summed E-state index contributed by atoms with van der Waals surface area (Å²) in [5.74, 6) is -0.0507. The van der Waals surface area contributed by atoms with Gasteiger partial charge in [-0.3, -0.25) is 0 Å². The second kappa shape index (κ2) is 6.29. The van der Waals surface area contributed by atoms with Gasteiger partial charge in [-0.1, -0.05) is 11.6 Å². The minimum atomic E-state index is -2.89. The summed E-state index contributed by atoms with van der Waals surface area (Å²) in [6, 6.07) is 4.51. The van der Waals surface area contributed by atoms with E-state index in [0.717, 1.165) is 5.56 Å². The standard InChI is InChI=1S/C12H10ClF2N3O/c13-10-3-9(1-2-11(10)19-12(14)15)18-6-8-4-16-7-17-5-8/h1-5,7,12,18H,6H2. The summed E-state index contributed by atoms with van der Waals surface area (Å²) in [5, 5.41) is 3.19. The van der Waals surface area contributed by atoms with Crippen LogP contribution in [0.25, 0.3) is 0 Å². The van der Waals surface area contributed by atoms with Crippen LogP contribution in [0.1, 0.15) is 5.56 Å². The predicted octanol–water partition coefficient (Wildman–Crippen LogP) is 3.34. The molecular formula is C12H10ClF2N3O. The van der Waals surface area contributed by atoms with Crippen molar-refractivity contribution >= 4 is 17.3 Å². The number of anilines is 1. The molecule has 2 aromatic rings. The van der Waals surface area contributed by atoms with Crippen molar-refractivity contribution in [2.24, 2.45) is 0 Å². The molecule has 1 N–H and O–H groups in total. The second-order valence-electron chi connectivity index (χ2n) is 3.62. The molecule has 19 heavy (non-hydrogen) atoms. The maximum atomic E-state index is 12.1. The topological polar surface area (TPSA) is 47.0 Å². The van der Waals surface area contributed by atoms with E-state index in [1.807, 2.05) is 0 Å². The number of halogens is 3. The van der Waals surface area contributed by atoms with E-state index >= 15 is 0 Å². The zero-order valence-corrected chi connectivity index (χ0v) is 10.4. The first kappa shape index (κ1) is 13.5. The van der Waals surface area contributed by atoms with E-state index < -0.39 is 6.61 Å². The maximum Gasteiger partial charge on any atom is 0.387 e. The van der Waals surface area contributed by atoms with Crippen LogP contribution in [0.3, 0.4) is 0 Å². The van der Waals surface area contributed by atoms with Crippen molar-refractivity contribution in [1.29, 1.82) is 0 Å². The summed E-state index contributed by atoms with van der Waals surface area (Å²) in [6.07, 6.45) is 4.79. The van der Waals surface area contributed by atoms with Crippen LogP contribution in [-0.2, 0) is 6.54 Å². The fraction of sp³-hybridized carbons (Fsp3) is 0.167. The predicted molar refractivity (Wildman–Crippen MR) is 67.4 cm³/mol. The Hall–Kier alpha value is -1.95. The molecule has 0 spiro atoms. The molecule has 0 aliphatic rings. The molecule has 4 nitrogen and oxygen atoms in total. The lowest BCUT2D eigenvalue weighted by atomic mass is 10.2. The van der Waals surface area contributed by atoms with Gasteiger partial charge in [0.2, 0.25) is 0 Å². The lowest BCUT2D eigenvalue weighted by Crippen LogP contribution is -2.03. The molecule has 0 amide bonds. The van der Waals surface area contributed by atoms with Crippen LogP contribution >= 0.6 is 11.6 Å². The summed E-state index contributed by atoms with van der Waals surface area (Å²) in [7, 11) is 0. The Balaban J connectivity index is 2.00. The molecule has 0 radical (unpaired) electrons. The van der Waals surface area contributed by atoms with Crippen molar-refractivity contribution in [2.45, 2.75) is 13.2 Å². The van der Waals surface area contributed by atoms with Gasteiger partial charge < -0.3 is 10.1 Å².